The Balaban J connectivity index is 1.82. The van der Waals surface area contributed by atoms with Crippen LogP contribution < -0.4 is 10.1 Å². The molecular weight excluding hydrogens is 375 g/mol. The fraction of sp³-hybridized carbons (Fsp3) is 0.300. The topological polar surface area (TPSA) is 75.6 Å². The molecule has 2 rings (SSSR count). The van der Waals surface area contributed by atoms with Crippen molar-refractivity contribution in [3.05, 3.63) is 65.2 Å². The first-order valence-corrected chi connectivity index (χ1v) is 8.50. The lowest BCUT2D eigenvalue weighted by molar-refractivity contribution is -0.137. The number of hydrogen-bond donors (Lipinski definition) is 2. The lowest BCUT2D eigenvalue weighted by atomic mass is 10.0. The van der Waals surface area contributed by atoms with E-state index >= 15 is 0 Å². The van der Waals surface area contributed by atoms with Crippen molar-refractivity contribution in [1.82, 2.24) is 5.32 Å². The molecule has 1 atom stereocenters. The Morgan fingerprint density at radius 1 is 1.11 bits per heavy atom. The number of nitrogens with one attached hydrogen (secondary N) is 1. The number of aliphatic hydroxyl groups excluding tert-OH is 1. The van der Waals surface area contributed by atoms with E-state index in [0.717, 1.165) is 12.1 Å². The summed E-state index contributed by atoms with van der Waals surface area (Å²) < 4.78 is 43.1. The fourth-order valence-electron chi connectivity index (χ4n) is 2.49. The van der Waals surface area contributed by atoms with Gasteiger partial charge in [-0.2, -0.15) is 13.2 Å². The molecule has 8 heteroatoms. The summed E-state index contributed by atoms with van der Waals surface area (Å²) in [6.07, 6.45) is -5.93. The van der Waals surface area contributed by atoms with Gasteiger partial charge in [0, 0.05) is 24.9 Å². The number of ketones is 1. The molecule has 150 valence electrons. The number of carbonyl (C=O) groups excluding carboxylic acids is 2. The average Bonchev–Trinajstić information content (AvgIpc) is 2.69. The minimum atomic E-state index is -4.51. The van der Waals surface area contributed by atoms with Gasteiger partial charge in [0.1, 0.15) is 5.75 Å². The van der Waals surface area contributed by atoms with E-state index in [4.69, 9.17) is 4.74 Å². The number of hydrogen-bond acceptors (Lipinski definition) is 4. The Morgan fingerprint density at radius 3 is 2.39 bits per heavy atom. The Kier molecular flexibility index (Phi) is 7.17. The maximum atomic E-state index is 12.7. The summed E-state index contributed by atoms with van der Waals surface area (Å²) in [5.74, 6) is -0.0954. The molecule has 28 heavy (non-hydrogen) atoms. The Labute approximate surface area is 160 Å². The number of ether oxygens (including phenoxy) is 1. The summed E-state index contributed by atoms with van der Waals surface area (Å²) in [6.45, 7) is -0.253. The van der Waals surface area contributed by atoms with Crippen molar-refractivity contribution in [2.24, 2.45) is 0 Å². The van der Waals surface area contributed by atoms with Crippen molar-refractivity contribution in [1.29, 1.82) is 0 Å². The molecule has 1 amide bonds. The number of halogens is 3. The van der Waals surface area contributed by atoms with E-state index in [0.29, 0.717) is 11.3 Å². The number of alkyl halides is 3. The molecule has 2 N–H and O–H groups in total. The highest BCUT2D eigenvalue weighted by Gasteiger charge is 2.30. The first-order valence-electron chi connectivity index (χ1n) is 8.50. The van der Waals surface area contributed by atoms with Crippen molar-refractivity contribution < 1.29 is 32.6 Å². The summed E-state index contributed by atoms with van der Waals surface area (Å²) in [5, 5.41) is 12.4. The third-order valence-electron chi connectivity index (χ3n) is 4.08. The van der Waals surface area contributed by atoms with E-state index < -0.39 is 23.8 Å². The number of Topliss-reactive ketones (excluding diaryl/α,β-unsaturated/α-hetero) is 1. The molecule has 5 nitrogen and oxygen atoms in total. The van der Waals surface area contributed by atoms with E-state index in [1.165, 1.54) is 19.2 Å². The zero-order valence-corrected chi connectivity index (χ0v) is 15.1. The van der Waals surface area contributed by atoms with E-state index in [-0.39, 0.29) is 30.7 Å². The van der Waals surface area contributed by atoms with Crippen LogP contribution in [-0.2, 0) is 11.0 Å². The van der Waals surface area contributed by atoms with Gasteiger partial charge in [-0.3, -0.25) is 9.59 Å². The Bertz CT molecular complexity index is 819. The second kappa shape index (κ2) is 9.36. The highest BCUT2D eigenvalue weighted by molar-refractivity contribution is 5.98. The molecular formula is C20H20F3NO4. The van der Waals surface area contributed by atoms with Crippen LogP contribution in [-0.4, -0.2) is 30.5 Å². The van der Waals surface area contributed by atoms with Crippen LogP contribution in [0.4, 0.5) is 13.2 Å². The van der Waals surface area contributed by atoms with Gasteiger partial charge in [-0.15, -0.1) is 0 Å². The van der Waals surface area contributed by atoms with Crippen LogP contribution in [0.15, 0.2) is 48.5 Å². The highest BCUT2D eigenvalue weighted by atomic mass is 19.4. The molecule has 0 saturated carbocycles. The molecule has 0 aromatic heterocycles. The monoisotopic (exact) mass is 395 g/mol. The summed E-state index contributed by atoms with van der Waals surface area (Å²) in [6, 6.07) is 10.7. The highest BCUT2D eigenvalue weighted by Crippen LogP contribution is 2.30. The molecule has 0 bridgehead atoms. The van der Waals surface area contributed by atoms with Gasteiger partial charge in [0.15, 0.2) is 5.78 Å². The van der Waals surface area contributed by atoms with Gasteiger partial charge in [0.25, 0.3) is 0 Å². The molecule has 2 aromatic rings. The summed E-state index contributed by atoms with van der Waals surface area (Å²) in [5.41, 5.74) is -0.387. The Morgan fingerprint density at radius 2 is 1.79 bits per heavy atom. The number of aliphatic hydroxyl groups is 1. The van der Waals surface area contributed by atoms with E-state index in [1.54, 1.807) is 24.3 Å². The smallest absolute Gasteiger partial charge is 0.416 e. The zero-order valence-electron chi connectivity index (χ0n) is 15.1. The van der Waals surface area contributed by atoms with E-state index in [9.17, 15) is 27.9 Å². The van der Waals surface area contributed by atoms with Gasteiger partial charge in [-0.1, -0.05) is 12.1 Å². The number of benzene rings is 2. The maximum Gasteiger partial charge on any atom is 0.416 e. The van der Waals surface area contributed by atoms with Gasteiger partial charge < -0.3 is 15.2 Å². The average molecular weight is 395 g/mol. The predicted octanol–water partition coefficient (Wildman–Crippen LogP) is 3.53. The summed E-state index contributed by atoms with van der Waals surface area (Å²) in [7, 11) is 1.51. The molecule has 0 aliphatic rings. The van der Waals surface area contributed by atoms with Crippen LogP contribution in [0.2, 0.25) is 0 Å². The van der Waals surface area contributed by atoms with Crippen LogP contribution in [0.3, 0.4) is 0 Å². The van der Waals surface area contributed by atoms with Crippen LogP contribution >= 0.6 is 0 Å². The molecule has 0 saturated heterocycles. The van der Waals surface area contributed by atoms with Gasteiger partial charge in [-0.05, 0) is 42.0 Å². The van der Waals surface area contributed by atoms with Crippen molar-refractivity contribution in [2.75, 3.05) is 13.7 Å². The van der Waals surface area contributed by atoms with Crippen LogP contribution in [0.25, 0.3) is 0 Å². The molecule has 1 unspecified atom stereocenters. The minimum absolute atomic E-state index is 0.0299. The first kappa shape index (κ1) is 21.4. The van der Waals surface area contributed by atoms with Crippen molar-refractivity contribution in [3.63, 3.8) is 0 Å². The second-order valence-corrected chi connectivity index (χ2v) is 6.09. The first-order chi connectivity index (χ1) is 13.2. The lowest BCUT2D eigenvalue weighted by Crippen LogP contribution is -2.28. The normalized spacial score (nSPS) is 12.3. The molecule has 0 aliphatic heterocycles. The van der Waals surface area contributed by atoms with Gasteiger partial charge in [0.05, 0.1) is 18.8 Å². The number of carbonyl (C=O) groups is 2. The number of amides is 1. The molecule has 0 aliphatic carbocycles. The van der Waals surface area contributed by atoms with Gasteiger partial charge in [-0.25, -0.2) is 0 Å². The van der Waals surface area contributed by atoms with Crippen molar-refractivity contribution in [2.45, 2.75) is 25.1 Å². The quantitative estimate of drug-likeness (QED) is 0.671. The molecule has 0 heterocycles. The largest absolute Gasteiger partial charge is 0.497 e. The van der Waals surface area contributed by atoms with Crippen LogP contribution in [0, 0.1) is 0 Å². The number of methoxy groups -OCH3 is 1. The fourth-order valence-corrected chi connectivity index (χ4v) is 2.49. The van der Waals surface area contributed by atoms with Gasteiger partial charge >= 0.3 is 6.18 Å². The lowest BCUT2D eigenvalue weighted by Gasteiger charge is -2.14. The summed E-state index contributed by atoms with van der Waals surface area (Å²) in [4.78, 5) is 23.9. The third-order valence-corrected chi connectivity index (χ3v) is 4.08. The van der Waals surface area contributed by atoms with Gasteiger partial charge in [0.2, 0.25) is 5.91 Å². The molecule has 2 aromatic carbocycles. The maximum absolute atomic E-state index is 12.7. The van der Waals surface area contributed by atoms with E-state index in [1.807, 2.05) is 0 Å². The summed E-state index contributed by atoms with van der Waals surface area (Å²) >= 11 is 0. The third kappa shape index (κ3) is 6.09. The van der Waals surface area contributed by atoms with Crippen molar-refractivity contribution in [3.8, 4) is 5.75 Å². The Hall–Kier alpha value is -2.87. The molecule has 0 spiro atoms. The SMILES string of the molecule is COc1ccc(C(=O)CCC(=O)NCC(O)c2cccc(C(F)(F)F)c2)cc1. The van der Waals surface area contributed by atoms with E-state index in [2.05, 4.69) is 5.32 Å². The minimum Gasteiger partial charge on any atom is -0.497 e. The standard InChI is InChI=1S/C20H20F3NO4/c1-28-16-7-5-13(6-8-16)17(25)9-10-19(27)24-12-18(26)14-3-2-4-15(11-14)20(21,22)23/h2-8,11,18,26H,9-10,12H2,1H3,(H,24,27). The van der Waals surface area contributed by atoms with Crippen LogP contribution in [0.1, 0.15) is 40.4 Å². The molecule has 0 radical (unpaired) electrons. The second-order valence-electron chi connectivity index (χ2n) is 6.09. The number of rotatable bonds is 8. The predicted molar refractivity (Wildman–Crippen MR) is 96.0 cm³/mol. The van der Waals surface area contributed by atoms with Crippen LogP contribution in [0.5, 0.6) is 5.75 Å². The van der Waals surface area contributed by atoms with Crippen molar-refractivity contribution >= 4 is 11.7 Å². The zero-order chi connectivity index (χ0) is 20.7. The molecule has 0 fully saturated rings.